The Morgan fingerprint density at radius 2 is 1.48 bits per heavy atom. The lowest BCUT2D eigenvalue weighted by atomic mass is 9.99. The Morgan fingerprint density at radius 3 is 2.16 bits per heavy atom. The first-order valence-corrected chi connectivity index (χ1v) is 13.3. The molecule has 3 heterocycles. The normalized spacial score (nSPS) is 30.4. The van der Waals surface area contributed by atoms with Gasteiger partial charge in [-0.25, -0.2) is 0 Å². The number of aliphatic hydroxyl groups excluding tert-OH is 6. The number of hydrogen-bond donors (Lipinski definition) is 8. The smallest absolute Gasteiger partial charge is 0.239 e. The molecule has 9 atom stereocenters. The number of phenolic OH excluding ortho intramolecular Hbond substituents is 2. The number of phenols is 2. The van der Waals surface area contributed by atoms with Crippen LogP contribution in [-0.2, 0) is 14.2 Å². The van der Waals surface area contributed by atoms with Gasteiger partial charge in [-0.2, -0.15) is 0 Å². The third kappa shape index (κ3) is 5.74. The highest BCUT2D eigenvalue weighted by Crippen LogP contribution is 2.40. The Hall–Kier alpha value is -3.71. The highest BCUT2D eigenvalue weighted by molar-refractivity contribution is 5.88. The number of aliphatic hydroxyl groups is 6. The maximum atomic E-state index is 13.7. The summed E-state index contributed by atoms with van der Waals surface area (Å²) < 4.78 is 38.4. The van der Waals surface area contributed by atoms with Crippen LogP contribution in [0.1, 0.15) is 0 Å². The molecule has 9 unspecified atom stereocenters. The van der Waals surface area contributed by atoms with E-state index in [1.807, 2.05) is 0 Å². The Kier molecular flexibility index (Phi) is 9.17. The quantitative estimate of drug-likeness (QED) is 0.135. The predicted octanol–water partition coefficient (Wildman–Crippen LogP) is -1.47. The van der Waals surface area contributed by atoms with Gasteiger partial charge in [0.15, 0.2) is 23.5 Å². The third-order valence-corrected chi connectivity index (χ3v) is 7.41. The first kappa shape index (κ1) is 31.7. The third-order valence-electron chi connectivity index (χ3n) is 7.41. The first-order valence-electron chi connectivity index (χ1n) is 13.3. The highest BCUT2D eigenvalue weighted by Gasteiger charge is 2.48. The van der Waals surface area contributed by atoms with Crippen LogP contribution in [0, 0.1) is 0 Å². The minimum Gasteiger partial charge on any atom is -0.507 e. The van der Waals surface area contributed by atoms with Crippen LogP contribution in [0.15, 0.2) is 39.5 Å². The Labute approximate surface area is 248 Å². The molecular weight excluding hydrogens is 592 g/mol. The molecule has 3 aromatic rings. The summed E-state index contributed by atoms with van der Waals surface area (Å²) in [6.07, 6.45) is -14.2. The minimum absolute atomic E-state index is 0.0302. The van der Waals surface area contributed by atoms with Crippen molar-refractivity contribution in [1.29, 1.82) is 0 Å². The summed E-state index contributed by atoms with van der Waals surface area (Å²) in [7, 11) is 2.66. The van der Waals surface area contributed by atoms with Crippen LogP contribution >= 0.6 is 0 Å². The molecule has 0 aliphatic carbocycles. The van der Waals surface area contributed by atoms with Crippen LogP contribution in [0.2, 0.25) is 0 Å². The van der Waals surface area contributed by atoms with E-state index in [4.69, 9.17) is 32.8 Å². The second-order valence-electron chi connectivity index (χ2n) is 10.2. The molecule has 0 bridgehead atoms. The second-order valence-corrected chi connectivity index (χ2v) is 10.2. The summed E-state index contributed by atoms with van der Waals surface area (Å²) in [6, 6.07) is 6.57. The number of hydrogen-bond acceptors (Lipinski definition) is 16. The van der Waals surface area contributed by atoms with Gasteiger partial charge in [0, 0.05) is 17.7 Å². The van der Waals surface area contributed by atoms with Crippen molar-refractivity contribution in [2.45, 2.75) is 55.3 Å². The van der Waals surface area contributed by atoms with Crippen molar-refractivity contribution in [3.8, 4) is 40.1 Å². The van der Waals surface area contributed by atoms with Crippen molar-refractivity contribution >= 4 is 11.0 Å². The van der Waals surface area contributed by atoms with E-state index in [0.29, 0.717) is 0 Å². The molecule has 8 N–H and O–H groups in total. The highest BCUT2D eigenvalue weighted by atomic mass is 16.7. The first-order chi connectivity index (χ1) is 21.0. The van der Waals surface area contributed by atoms with Crippen molar-refractivity contribution in [3.63, 3.8) is 0 Å². The van der Waals surface area contributed by atoms with Crippen LogP contribution < -0.4 is 19.6 Å². The molecule has 16 heteroatoms. The number of ether oxygens (including phenoxy) is 6. The van der Waals surface area contributed by atoms with Crippen molar-refractivity contribution < 1.29 is 73.7 Å². The summed E-state index contributed by atoms with van der Waals surface area (Å²) in [5, 5.41) is 81.3. The van der Waals surface area contributed by atoms with E-state index in [1.54, 1.807) is 0 Å². The monoisotopic (exact) mass is 624 g/mol. The maximum Gasteiger partial charge on any atom is 0.239 e. The molecule has 0 radical (unpaired) electrons. The number of benzene rings is 2. The van der Waals surface area contributed by atoms with Crippen molar-refractivity contribution in [1.82, 2.24) is 0 Å². The number of methoxy groups -OCH3 is 2. The minimum atomic E-state index is -1.75. The molecule has 5 rings (SSSR count). The molecular formula is C28H32O16. The fourth-order valence-electron chi connectivity index (χ4n) is 4.95. The lowest BCUT2D eigenvalue weighted by molar-refractivity contribution is -0.306. The Morgan fingerprint density at radius 1 is 0.795 bits per heavy atom. The van der Waals surface area contributed by atoms with Crippen molar-refractivity contribution in [3.05, 3.63) is 40.6 Å². The fourth-order valence-corrected chi connectivity index (χ4v) is 4.95. The topological polar surface area (TPSA) is 247 Å². The summed E-state index contributed by atoms with van der Waals surface area (Å²) in [4.78, 5) is 13.7. The lowest BCUT2D eigenvalue weighted by Gasteiger charge is -2.39. The van der Waals surface area contributed by atoms with Gasteiger partial charge in [-0.1, -0.05) is 0 Å². The van der Waals surface area contributed by atoms with E-state index in [2.05, 4.69) is 0 Å². The van der Waals surface area contributed by atoms with Gasteiger partial charge in [0.05, 0.1) is 27.4 Å². The van der Waals surface area contributed by atoms with E-state index < -0.39 is 85.4 Å². The zero-order chi connectivity index (χ0) is 31.9. The lowest BCUT2D eigenvalue weighted by Crippen LogP contribution is -2.59. The zero-order valence-corrected chi connectivity index (χ0v) is 23.3. The largest absolute Gasteiger partial charge is 0.507 e. The standard InChI is InChI=1S/C28H32O16/c1-38-11-6-13(31)18-15(7-11)41-25(10-3-4-12(30)14(5-10)39-2)26(21(18)34)44-28-23(36)20(33)17(43-28)9-40-27-24(37)22(35)19(32)16(8-29)42-27/h3-7,16-17,19-20,22-24,27-33,35-37H,8-9H2,1-2H3. The van der Waals surface area contributed by atoms with Gasteiger partial charge < -0.3 is 73.7 Å². The molecule has 0 spiro atoms. The molecule has 1 aromatic heterocycles. The molecule has 44 heavy (non-hydrogen) atoms. The van der Waals surface area contributed by atoms with Crippen molar-refractivity contribution in [2.24, 2.45) is 0 Å². The van der Waals surface area contributed by atoms with Crippen LogP contribution in [0.4, 0.5) is 0 Å². The van der Waals surface area contributed by atoms with Gasteiger partial charge in [0.1, 0.15) is 65.2 Å². The van der Waals surface area contributed by atoms with Gasteiger partial charge in [-0.15, -0.1) is 0 Å². The van der Waals surface area contributed by atoms with Crippen LogP contribution in [0.25, 0.3) is 22.3 Å². The fraction of sp³-hybridized carbons (Fsp3) is 0.464. The molecule has 16 nitrogen and oxygen atoms in total. The van der Waals surface area contributed by atoms with Gasteiger partial charge in [-0.05, 0) is 18.2 Å². The SMILES string of the molecule is COc1cc(O)c2c(=O)c(OC3OC(COC4OC(CO)C(O)C(O)C4O)C(O)C3O)c(-c3ccc(O)c(OC)c3)oc2c1. The molecule has 0 amide bonds. The van der Waals surface area contributed by atoms with E-state index in [0.717, 1.165) is 0 Å². The Balaban J connectivity index is 1.45. The molecule has 2 aliphatic heterocycles. The summed E-state index contributed by atoms with van der Waals surface area (Å²) >= 11 is 0. The molecule has 240 valence electrons. The summed E-state index contributed by atoms with van der Waals surface area (Å²) in [6.45, 7) is -1.22. The second kappa shape index (κ2) is 12.7. The molecule has 2 saturated heterocycles. The molecule has 2 aromatic carbocycles. The summed E-state index contributed by atoms with van der Waals surface area (Å²) in [5.41, 5.74) is -0.772. The van der Waals surface area contributed by atoms with Gasteiger partial charge in [-0.3, -0.25) is 4.79 Å². The zero-order valence-electron chi connectivity index (χ0n) is 23.3. The molecule has 2 fully saturated rings. The van der Waals surface area contributed by atoms with Gasteiger partial charge in [0.2, 0.25) is 17.5 Å². The van der Waals surface area contributed by atoms with E-state index in [9.17, 15) is 45.6 Å². The maximum absolute atomic E-state index is 13.7. The predicted molar refractivity (Wildman–Crippen MR) is 145 cm³/mol. The van der Waals surface area contributed by atoms with E-state index >= 15 is 0 Å². The van der Waals surface area contributed by atoms with Crippen LogP contribution in [-0.4, -0.2) is 124 Å². The summed E-state index contributed by atoms with van der Waals surface area (Å²) in [5.74, 6) is -1.23. The molecule has 0 saturated carbocycles. The van der Waals surface area contributed by atoms with Crippen LogP contribution in [0.5, 0.6) is 28.7 Å². The average molecular weight is 625 g/mol. The molecule has 2 aliphatic rings. The number of rotatable bonds is 9. The average Bonchev–Trinajstić information content (AvgIpc) is 3.28. The van der Waals surface area contributed by atoms with Gasteiger partial charge in [0.25, 0.3) is 0 Å². The number of fused-ring (bicyclic) bond motifs is 1. The van der Waals surface area contributed by atoms with E-state index in [-0.39, 0.29) is 39.5 Å². The van der Waals surface area contributed by atoms with E-state index in [1.165, 1.54) is 44.6 Å². The Bertz CT molecular complexity index is 1540. The van der Waals surface area contributed by atoms with Crippen LogP contribution in [0.3, 0.4) is 0 Å². The van der Waals surface area contributed by atoms with Crippen molar-refractivity contribution in [2.75, 3.05) is 27.4 Å². The van der Waals surface area contributed by atoms with Gasteiger partial charge >= 0.3 is 0 Å². The number of aromatic hydroxyl groups is 2.